The highest BCUT2D eigenvalue weighted by Gasteiger charge is 2.23. The van der Waals surface area contributed by atoms with Crippen molar-refractivity contribution in [3.8, 4) is 11.5 Å². The summed E-state index contributed by atoms with van der Waals surface area (Å²) in [6.45, 7) is 4.81. The van der Waals surface area contributed by atoms with Gasteiger partial charge in [0, 0.05) is 37.3 Å². The summed E-state index contributed by atoms with van der Waals surface area (Å²) in [6, 6.07) is 11.2. The van der Waals surface area contributed by atoms with Crippen molar-refractivity contribution in [2.24, 2.45) is 0 Å². The summed E-state index contributed by atoms with van der Waals surface area (Å²) >= 11 is 7.88. The van der Waals surface area contributed by atoms with Crippen molar-refractivity contribution in [1.29, 1.82) is 0 Å². The average Bonchev–Trinajstić information content (AvgIpc) is 3.20. The van der Waals surface area contributed by atoms with E-state index in [0.717, 1.165) is 39.0 Å². The topological polar surface area (TPSA) is 54.9 Å². The van der Waals surface area contributed by atoms with Crippen molar-refractivity contribution in [2.75, 3.05) is 44.8 Å². The van der Waals surface area contributed by atoms with Crippen LogP contribution in [0.1, 0.15) is 5.56 Å². The molecule has 2 aromatic carbocycles. The van der Waals surface area contributed by atoms with E-state index in [1.807, 2.05) is 42.2 Å². The number of amides is 1. The fraction of sp³-hybridized carbons (Fsp3) is 0.333. The molecule has 0 unspecified atom stereocenters. The molecule has 0 aliphatic carbocycles. The van der Waals surface area contributed by atoms with Gasteiger partial charge in [-0.3, -0.25) is 4.79 Å². The van der Waals surface area contributed by atoms with Gasteiger partial charge >= 0.3 is 0 Å². The molecule has 2 heterocycles. The Morgan fingerprint density at radius 1 is 1.17 bits per heavy atom. The fourth-order valence-electron chi connectivity index (χ4n) is 3.30. The van der Waals surface area contributed by atoms with E-state index in [2.05, 4.69) is 4.90 Å². The van der Waals surface area contributed by atoms with Crippen LogP contribution in [0.5, 0.6) is 11.5 Å². The predicted octanol–water partition coefficient (Wildman–Crippen LogP) is 3.99. The van der Waals surface area contributed by atoms with Crippen LogP contribution >= 0.6 is 22.9 Å². The number of methoxy groups -OCH3 is 1. The molecular formula is C21H22ClN3O3S. The molecular weight excluding hydrogens is 410 g/mol. The molecule has 1 aliphatic rings. The highest BCUT2D eigenvalue weighted by atomic mass is 35.5. The minimum Gasteiger partial charge on any atom is -0.497 e. The maximum Gasteiger partial charge on any atom is 0.260 e. The lowest BCUT2D eigenvalue weighted by atomic mass is 10.2. The predicted molar refractivity (Wildman–Crippen MR) is 117 cm³/mol. The Morgan fingerprint density at radius 3 is 2.69 bits per heavy atom. The normalized spacial score (nSPS) is 14.3. The molecule has 0 atom stereocenters. The zero-order valence-corrected chi connectivity index (χ0v) is 17.9. The third-order valence-corrected chi connectivity index (χ3v) is 6.53. The largest absolute Gasteiger partial charge is 0.497 e. The van der Waals surface area contributed by atoms with Crippen LogP contribution < -0.4 is 14.4 Å². The number of anilines is 1. The van der Waals surface area contributed by atoms with Crippen molar-refractivity contribution in [3.63, 3.8) is 0 Å². The van der Waals surface area contributed by atoms with E-state index < -0.39 is 0 Å². The van der Waals surface area contributed by atoms with Gasteiger partial charge in [0.2, 0.25) is 0 Å². The Morgan fingerprint density at radius 2 is 1.93 bits per heavy atom. The van der Waals surface area contributed by atoms with Gasteiger partial charge in [-0.2, -0.15) is 0 Å². The van der Waals surface area contributed by atoms with Crippen molar-refractivity contribution >= 4 is 44.2 Å². The van der Waals surface area contributed by atoms with Gasteiger partial charge in [0.25, 0.3) is 5.91 Å². The lowest BCUT2D eigenvalue weighted by Crippen LogP contribution is -2.50. The van der Waals surface area contributed by atoms with Crippen LogP contribution in [0.4, 0.5) is 5.13 Å². The van der Waals surface area contributed by atoms with Gasteiger partial charge in [0.05, 0.1) is 17.3 Å². The van der Waals surface area contributed by atoms with Gasteiger partial charge in [-0.25, -0.2) is 4.98 Å². The first-order valence-electron chi connectivity index (χ1n) is 9.40. The smallest absolute Gasteiger partial charge is 0.260 e. The van der Waals surface area contributed by atoms with Crippen LogP contribution in [-0.4, -0.2) is 55.7 Å². The summed E-state index contributed by atoms with van der Waals surface area (Å²) in [7, 11) is 1.60. The Kier molecular flexibility index (Phi) is 5.78. The quantitative estimate of drug-likeness (QED) is 0.611. The van der Waals surface area contributed by atoms with Crippen molar-refractivity contribution < 1.29 is 14.3 Å². The molecule has 1 amide bonds. The Bertz CT molecular complexity index is 1030. The Hall–Kier alpha value is -2.51. The number of thiazole rings is 1. The molecule has 0 saturated carbocycles. The van der Waals surface area contributed by atoms with Crippen LogP contribution in [0.2, 0.25) is 5.02 Å². The number of aromatic nitrogens is 1. The summed E-state index contributed by atoms with van der Waals surface area (Å²) in [4.78, 5) is 21.4. The van der Waals surface area contributed by atoms with Crippen LogP contribution in [0, 0.1) is 6.92 Å². The van der Waals surface area contributed by atoms with Crippen molar-refractivity contribution in [1.82, 2.24) is 9.88 Å². The summed E-state index contributed by atoms with van der Waals surface area (Å²) in [6.07, 6.45) is 0. The fourth-order valence-corrected chi connectivity index (χ4v) is 4.53. The first kappa shape index (κ1) is 19.8. The maximum atomic E-state index is 12.5. The molecule has 8 heteroatoms. The molecule has 1 aliphatic heterocycles. The third kappa shape index (κ3) is 4.26. The number of nitrogens with zero attached hydrogens (tertiary/aromatic N) is 3. The molecule has 0 N–H and O–H groups in total. The molecule has 6 nitrogen and oxygen atoms in total. The number of piperazine rings is 1. The molecule has 1 fully saturated rings. The van der Waals surface area contributed by atoms with Gasteiger partial charge in [-0.15, -0.1) is 0 Å². The Labute approximate surface area is 178 Å². The van der Waals surface area contributed by atoms with Crippen LogP contribution in [0.15, 0.2) is 36.4 Å². The second kappa shape index (κ2) is 8.47. The minimum absolute atomic E-state index is 0.0144. The van der Waals surface area contributed by atoms with E-state index in [1.54, 1.807) is 24.5 Å². The van der Waals surface area contributed by atoms with E-state index in [9.17, 15) is 4.79 Å². The third-order valence-electron chi connectivity index (χ3n) is 5.04. The van der Waals surface area contributed by atoms with Gasteiger partial charge in [-0.05, 0) is 36.8 Å². The van der Waals surface area contributed by atoms with Gasteiger partial charge in [-0.1, -0.05) is 29.0 Å². The van der Waals surface area contributed by atoms with E-state index in [1.165, 1.54) is 0 Å². The molecule has 29 heavy (non-hydrogen) atoms. The second-order valence-electron chi connectivity index (χ2n) is 6.85. The van der Waals surface area contributed by atoms with Crippen LogP contribution in [0.3, 0.4) is 0 Å². The maximum absolute atomic E-state index is 12.5. The first-order valence-corrected chi connectivity index (χ1v) is 10.6. The van der Waals surface area contributed by atoms with Gasteiger partial charge < -0.3 is 19.3 Å². The highest BCUT2D eigenvalue weighted by Crippen LogP contribution is 2.33. The lowest BCUT2D eigenvalue weighted by molar-refractivity contribution is -0.133. The number of benzene rings is 2. The number of aryl methyl sites for hydroxylation is 1. The number of rotatable bonds is 5. The van der Waals surface area contributed by atoms with Crippen LogP contribution in [0.25, 0.3) is 10.2 Å². The second-order valence-corrected chi connectivity index (χ2v) is 8.27. The van der Waals surface area contributed by atoms with Crippen molar-refractivity contribution in [3.05, 3.63) is 47.0 Å². The summed E-state index contributed by atoms with van der Waals surface area (Å²) in [5.41, 5.74) is 1.97. The molecule has 0 radical (unpaired) electrons. The molecule has 0 spiro atoms. The molecule has 1 aromatic heterocycles. The van der Waals surface area contributed by atoms with Crippen molar-refractivity contribution in [2.45, 2.75) is 6.92 Å². The molecule has 0 bridgehead atoms. The number of carbonyl (C=O) groups excluding carboxylic acids is 1. The zero-order chi connectivity index (χ0) is 20.4. The standard InChI is InChI=1S/C21H22ClN3O3S/c1-14-17(22)6-7-18-20(14)23-21(29-18)25-10-8-24(9-11-25)19(26)13-28-16-5-3-4-15(12-16)27-2/h3-7,12H,8-11,13H2,1-2H3. The number of fused-ring (bicyclic) bond motifs is 1. The number of halogens is 1. The highest BCUT2D eigenvalue weighted by molar-refractivity contribution is 7.22. The molecule has 152 valence electrons. The first-order chi connectivity index (χ1) is 14.0. The summed E-state index contributed by atoms with van der Waals surface area (Å²) in [5.74, 6) is 1.31. The summed E-state index contributed by atoms with van der Waals surface area (Å²) < 4.78 is 11.9. The van der Waals surface area contributed by atoms with E-state index >= 15 is 0 Å². The van der Waals surface area contributed by atoms with E-state index in [4.69, 9.17) is 26.1 Å². The summed E-state index contributed by atoms with van der Waals surface area (Å²) in [5, 5.41) is 1.71. The Balaban J connectivity index is 1.34. The van der Waals surface area contributed by atoms with E-state index in [0.29, 0.717) is 24.6 Å². The van der Waals surface area contributed by atoms with Crippen LogP contribution in [-0.2, 0) is 4.79 Å². The SMILES string of the molecule is COc1cccc(OCC(=O)N2CCN(c3nc4c(C)c(Cl)ccc4s3)CC2)c1. The van der Waals surface area contributed by atoms with E-state index in [-0.39, 0.29) is 12.5 Å². The minimum atomic E-state index is -0.0144. The monoisotopic (exact) mass is 431 g/mol. The number of ether oxygens (including phenoxy) is 2. The lowest BCUT2D eigenvalue weighted by Gasteiger charge is -2.34. The number of carbonyl (C=O) groups is 1. The number of hydrogen-bond donors (Lipinski definition) is 0. The molecule has 1 saturated heterocycles. The molecule has 3 aromatic rings. The number of hydrogen-bond acceptors (Lipinski definition) is 6. The van der Waals surface area contributed by atoms with Gasteiger partial charge in [0.1, 0.15) is 11.5 Å². The van der Waals surface area contributed by atoms with Gasteiger partial charge in [0.15, 0.2) is 11.7 Å². The zero-order valence-electron chi connectivity index (χ0n) is 16.4. The average molecular weight is 432 g/mol. The molecule has 4 rings (SSSR count).